The molecule has 0 spiro atoms. The molecule has 1 unspecified atom stereocenters. The Labute approximate surface area is 144 Å². The Kier molecular flexibility index (Phi) is 6.16. The average Bonchev–Trinajstić information content (AvgIpc) is 2.61. The Balaban J connectivity index is 2.06. The number of carbonyl (C=O) groups excluding carboxylic acids is 1. The van der Waals surface area contributed by atoms with Gasteiger partial charge in [-0.25, -0.2) is 0 Å². The van der Waals surface area contributed by atoms with Gasteiger partial charge >= 0.3 is 6.61 Å². The van der Waals surface area contributed by atoms with Crippen LogP contribution in [0.1, 0.15) is 28.9 Å². The van der Waals surface area contributed by atoms with E-state index in [0.29, 0.717) is 17.1 Å². The number of hydrogen-bond acceptors (Lipinski definition) is 4. The van der Waals surface area contributed by atoms with Gasteiger partial charge < -0.3 is 19.5 Å². The molecule has 7 heteroatoms. The molecule has 0 saturated heterocycles. The van der Waals surface area contributed by atoms with Crippen molar-refractivity contribution in [1.29, 1.82) is 0 Å². The second-order valence-corrected chi connectivity index (χ2v) is 5.21. The third-order valence-corrected chi connectivity index (χ3v) is 3.60. The molecule has 2 aromatic carbocycles. The largest absolute Gasteiger partial charge is 0.493 e. The van der Waals surface area contributed by atoms with E-state index in [4.69, 9.17) is 9.47 Å². The maximum absolute atomic E-state index is 12.4. The summed E-state index contributed by atoms with van der Waals surface area (Å²) in [7, 11) is 3.01. The van der Waals surface area contributed by atoms with Crippen LogP contribution in [0.4, 0.5) is 8.78 Å². The standard InChI is InChI=1S/C18H19F2NO4/c1-11(12-4-7-14(8-5-12)25-18(19)20)21-17(22)13-6-9-15(23-2)16(10-13)24-3/h4-11,18H,1-3H3,(H,21,22). The van der Waals surface area contributed by atoms with E-state index in [-0.39, 0.29) is 17.7 Å². The lowest BCUT2D eigenvalue weighted by Gasteiger charge is -2.16. The topological polar surface area (TPSA) is 56.8 Å². The number of methoxy groups -OCH3 is 2. The lowest BCUT2D eigenvalue weighted by atomic mass is 10.1. The number of nitrogens with one attached hydrogen (secondary N) is 1. The van der Waals surface area contributed by atoms with Crippen molar-refractivity contribution >= 4 is 5.91 Å². The Bertz CT molecular complexity index is 720. The van der Waals surface area contributed by atoms with E-state index in [1.54, 1.807) is 37.3 Å². The van der Waals surface area contributed by atoms with Crippen molar-refractivity contribution in [2.75, 3.05) is 14.2 Å². The molecule has 0 aliphatic carbocycles. The Morgan fingerprint density at radius 1 is 1.00 bits per heavy atom. The summed E-state index contributed by atoms with van der Waals surface area (Å²) >= 11 is 0. The molecule has 0 radical (unpaired) electrons. The van der Waals surface area contributed by atoms with Gasteiger partial charge in [0.25, 0.3) is 5.91 Å². The summed E-state index contributed by atoms with van der Waals surface area (Å²) in [6.07, 6.45) is 0. The summed E-state index contributed by atoms with van der Waals surface area (Å²) in [6.45, 7) is -1.07. The molecule has 0 aromatic heterocycles. The number of benzene rings is 2. The first-order chi connectivity index (χ1) is 11.9. The summed E-state index contributed by atoms with van der Waals surface area (Å²) in [5.74, 6) is 0.761. The molecule has 134 valence electrons. The van der Waals surface area contributed by atoms with Gasteiger partial charge in [-0.05, 0) is 42.8 Å². The van der Waals surface area contributed by atoms with Crippen LogP contribution in [0.3, 0.4) is 0 Å². The molecular formula is C18H19F2NO4. The van der Waals surface area contributed by atoms with E-state index < -0.39 is 6.61 Å². The molecule has 1 amide bonds. The number of alkyl halides is 2. The van der Waals surface area contributed by atoms with E-state index in [2.05, 4.69) is 10.1 Å². The fourth-order valence-electron chi connectivity index (χ4n) is 2.28. The number of rotatable bonds is 7. The zero-order valence-corrected chi connectivity index (χ0v) is 14.1. The van der Waals surface area contributed by atoms with Crippen molar-refractivity contribution in [1.82, 2.24) is 5.32 Å². The van der Waals surface area contributed by atoms with Crippen LogP contribution in [0.2, 0.25) is 0 Å². The zero-order chi connectivity index (χ0) is 18.4. The quantitative estimate of drug-likeness (QED) is 0.824. The van der Waals surface area contributed by atoms with Gasteiger partial charge in [-0.1, -0.05) is 12.1 Å². The number of hydrogen-bond donors (Lipinski definition) is 1. The molecule has 0 heterocycles. The van der Waals surface area contributed by atoms with Crippen molar-refractivity contribution in [3.63, 3.8) is 0 Å². The maximum atomic E-state index is 12.4. The zero-order valence-electron chi connectivity index (χ0n) is 14.1. The summed E-state index contributed by atoms with van der Waals surface area (Å²) in [5, 5.41) is 2.84. The third-order valence-electron chi connectivity index (χ3n) is 3.60. The fraction of sp³-hybridized carbons (Fsp3) is 0.278. The Morgan fingerprint density at radius 2 is 1.64 bits per heavy atom. The van der Waals surface area contributed by atoms with Gasteiger partial charge in [-0.2, -0.15) is 8.78 Å². The van der Waals surface area contributed by atoms with E-state index >= 15 is 0 Å². The predicted octanol–water partition coefficient (Wildman–Crippen LogP) is 3.80. The van der Waals surface area contributed by atoms with Crippen molar-refractivity contribution in [3.05, 3.63) is 53.6 Å². The van der Waals surface area contributed by atoms with Crippen molar-refractivity contribution in [2.24, 2.45) is 0 Å². The molecular weight excluding hydrogens is 332 g/mol. The second kappa shape index (κ2) is 8.32. The number of halogens is 2. The van der Waals surface area contributed by atoms with E-state index in [1.165, 1.54) is 26.4 Å². The molecule has 0 aliphatic heterocycles. The Hall–Kier alpha value is -2.83. The van der Waals surface area contributed by atoms with Crippen LogP contribution >= 0.6 is 0 Å². The predicted molar refractivity (Wildman–Crippen MR) is 88.5 cm³/mol. The number of ether oxygens (including phenoxy) is 3. The van der Waals surface area contributed by atoms with Gasteiger partial charge in [-0.15, -0.1) is 0 Å². The van der Waals surface area contributed by atoms with Crippen LogP contribution in [-0.4, -0.2) is 26.7 Å². The molecule has 1 N–H and O–H groups in total. The minimum atomic E-state index is -2.87. The van der Waals surface area contributed by atoms with Gasteiger partial charge in [-0.3, -0.25) is 4.79 Å². The summed E-state index contributed by atoms with van der Waals surface area (Å²) in [4.78, 5) is 12.4. The maximum Gasteiger partial charge on any atom is 0.387 e. The van der Waals surface area contributed by atoms with Gasteiger partial charge in [0.15, 0.2) is 11.5 Å². The van der Waals surface area contributed by atoms with Gasteiger partial charge in [0.05, 0.1) is 20.3 Å². The molecule has 2 rings (SSSR count). The fourth-order valence-corrected chi connectivity index (χ4v) is 2.28. The highest BCUT2D eigenvalue weighted by Crippen LogP contribution is 2.28. The van der Waals surface area contributed by atoms with Gasteiger partial charge in [0.2, 0.25) is 0 Å². The van der Waals surface area contributed by atoms with Crippen LogP contribution in [0.25, 0.3) is 0 Å². The van der Waals surface area contributed by atoms with E-state index in [1.807, 2.05) is 0 Å². The highest BCUT2D eigenvalue weighted by molar-refractivity contribution is 5.95. The number of carbonyl (C=O) groups is 1. The minimum Gasteiger partial charge on any atom is -0.493 e. The lowest BCUT2D eigenvalue weighted by molar-refractivity contribution is -0.0498. The summed E-state index contributed by atoms with van der Waals surface area (Å²) in [6, 6.07) is 10.6. The lowest BCUT2D eigenvalue weighted by Crippen LogP contribution is -2.26. The summed E-state index contributed by atoms with van der Waals surface area (Å²) < 4.78 is 38.9. The van der Waals surface area contributed by atoms with Crippen molar-refractivity contribution in [3.8, 4) is 17.2 Å². The van der Waals surface area contributed by atoms with Crippen LogP contribution in [-0.2, 0) is 0 Å². The highest BCUT2D eigenvalue weighted by Gasteiger charge is 2.14. The Morgan fingerprint density at radius 3 is 2.20 bits per heavy atom. The van der Waals surface area contributed by atoms with Gasteiger partial charge in [0, 0.05) is 5.56 Å². The van der Waals surface area contributed by atoms with Gasteiger partial charge in [0.1, 0.15) is 5.75 Å². The molecule has 25 heavy (non-hydrogen) atoms. The van der Waals surface area contributed by atoms with Crippen LogP contribution < -0.4 is 19.5 Å². The van der Waals surface area contributed by atoms with Crippen molar-refractivity contribution < 1.29 is 27.8 Å². The summed E-state index contributed by atoms with van der Waals surface area (Å²) in [5.41, 5.74) is 1.18. The van der Waals surface area contributed by atoms with Crippen LogP contribution in [0.5, 0.6) is 17.2 Å². The molecule has 1 atom stereocenters. The van der Waals surface area contributed by atoms with E-state index in [0.717, 1.165) is 5.56 Å². The first kappa shape index (κ1) is 18.5. The normalized spacial score (nSPS) is 11.8. The second-order valence-electron chi connectivity index (χ2n) is 5.21. The monoisotopic (exact) mass is 351 g/mol. The molecule has 0 fully saturated rings. The number of amides is 1. The molecule has 2 aromatic rings. The molecule has 0 saturated carbocycles. The average molecular weight is 351 g/mol. The first-order valence-electron chi connectivity index (χ1n) is 7.52. The SMILES string of the molecule is COc1ccc(C(=O)NC(C)c2ccc(OC(F)F)cc2)cc1OC. The molecule has 0 aliphatic rings. The molecule has 0 bridgehead atoms. The smallest absolute Gasteiger partial charge is 0.387 e. The van der Waals surface area contributed by atoms with E-state index in [9.17, 15) is 13.6 Å². The molecule has 5 nitrogen and oxygen atoms in total. The third kappa shape index (κ3) is 4.82. The first-order valence-corrected chi connectivity index (χ1v) is 7.52. The highest BCUT2D eigenvalue weighted by atomic mass is 19.3. The van der Waals surface area contributed by atoms with Crippen LogP contribution in [0, 0.1) is 0 Å². The van der Waals surface area contributed by atoms with Crippen molar-refractivity contribution in [2.45, 2.75) is 19.6 Å². The van der Waals surface area contributed by atoms with Crippen LogP contribution in [0.15, 0.2) is 42.5 Å². The minimum absolute atomic E-state index is 0.0668.